The maximum absolute atomic E-state index is 8.49. The first-order valence-corrected chi connectivity index (χ1v) is 17.2. The average molecular weight is 870 g/mol. The van der Waals surface area contributed by atoms with Crippen LogP contribution in [0.5, 0.6) is 0 Å². The third-order valence-corrected chi connectivity index (χ3v) is 6.74. The van der Waals surface area contributed by atoms with Gasteiger partial charge >= 0.3 is 34.1 Å². The maximum atomic E-state index is 8.49. The van der Waals surface area contributed by atoms with E-state index in [1.807, 2.05) is 24.5 Å². The molecule has 0 bridgehead atoms. The van der Waals surface area contributed by atoms with Crippen LogP contribution in [-0.2, 0) is 73.2 Å². The quantitative estimate of drug-likeness (QED) is 0.107. The molecule has 15 nitrogen and oxygen atoms in total. The molecule has 4 rings (SSSR count). The summed E-state index contributed by atoms with van der Waals surface area (Å²) in [4.78, 5) is 16.0. The van der Waals surface area contributed by atoms with Crippen molar-refractivity contribution in [2.45, 2.75) is 39.0 Å². The molecule has 2 heterocycles. The van der Waals surface area contributed by atoms with Gasteiger partial charge in [-0.05, 0) is 67.7 Å². The van der Waals surface area contributed by atoms with Gasteiger partial charge in [0.1, 0.15) is 0 Å². The zero-order valence-corrected chi connectivity index (χ0v) is 32.2. The molecule has 2 aromatic carbocycles. The zero-order valence-electron chi connectivity index (χ0n) is 28.8. The molecule has 4 aromatic rings. The van der Waals surface area contributed by atoms with Crippen molar-refractivity contribution in [1.29, 1.82) is 0 Å². The van der Waals surface area contributed by atoms with Gasteiger partial charge in [0.2, 0.25) is 0 Å². The van der Waals surface area contributed by atoms with Crippen LogP contribution in [-0.4, -0.2) is 69.9 Å². The van der Waals surface area contributed by atoms with Gasteiger partial charge in [-0.1, -0.05) is 60.7 Å². The number of hydrogen-bond donors (Lipinski definition) is 0. The molecule has 0 radical (unpaired) electrons. The minimum atomic E-state index is -4.94. The van der Waals surface area contributed by atoms with E-state index in [1.54, 1.807) is 0 Å². The Balaban J connectivity index is -0.00000152. The molecular weight excluding hydrogens is 824 g/mol. The Bertz CT molecular complexity index is 1340. The van der Waals surface area contributed by atoms with Crippen molar-refractivity contribution in [3.05, 3.63) is 131 Å². The van der Waals surface area contributed by atoms with E-state index in [9.17, 15) is 0 Å². The van der Waals surface area contributed by atoms with E-state index in [0.29, 0.717) is 0 Å². The Morgan fingerprint density at radius 3 is 1.02 bits per heavy atom. The summed E-state index contributed by atoms with van der Waals surface area (Å²) >= 11 is 0. The van der Waals surface area contributed by atoms with E-state index in [0.717, 1.165) is 63.5 Å². The summed E-state index contributed by atoms with van der Waals surface area (Å²) in [6.07, 6.45) is 5.68. The molecule has 0 saturated heterocycles. The van der Waals surface area contributed by atoms with Crippen molar-refractivity contribution in [2.75, 3.05) is 34.2 Å². The first-order chi connectivity index (χ1) is 22.5. The molecule has 298 valence electrons. The average Bonchev–Trinajstić information content (AvgIpc) is 2.99. The van der Waals surface area contributed by atoms with Gasteiger partial charge in [-0.3, -0.25) is 14.9 Å². The van der Waals surface area contributed by atoms with Gasteiger partial charge in [-0.2, -0.15) is 0 Å². The minimum Gasteiger partial charge on any atom is -0.412 e. The van der Waals surface area contributed by atoms with Crippen LogP contribution in [0.25, 0.3) is 0 Å². The van der Waals surface area contributed by atoms with E-state index in [4.69, 9.17) is 37.3 Å². The number of aromatic nitrogens is 2. The van der Waals surface area contributed by atoms with Gasteiger partial charge in [0.05, 0.1) is 0 Å². The van der Waals surface area contributed by atoms with Crippen LogP contribution in [0.4, 0.5) is 0 Å². The first-order valence-electron chi connectivity index (χ1n) is 14.8. The molecule has 19 heteroatoms. The Labute approximate surface area is 330 Å². The molecule has 2 aromatic heterocycles. The molecular formula is C33H45Cl2Cu2N5O10. The second-order valence-corrected chi connectivity index (χ2v) is 12.7. The summed E-state index contributed by atoms with van der Waals surface area (Å²) in [7, 11) is -3.31. The van der Waals surface area contributed by atoms with Crippen LogP contribution in [0, 0.1) is 20.5 Å². The molecule has 4 N–H and O–H groups in total. The van der Waals surface area contributed by atoms with Gasteiger partial charge < -0.3 is 20.8 Å². The van der Waals surface area contributed by atoms with Crippen molar-refractivity contribution in [2.24, 2.45) is 0 Å². The molecule has 0 atom stereocenters. The van der Waals surface area contributed by atoms with Crippen LogP contribution in [0.3, 0.4) is 0 Å². The van der Waals surface area contributed by atoms with Crippen LogP contribution in [0.15, 0.2) is 97.3 Å². The van der Waals surface area contributed by atoms with Gasteiger partial charge in [0, 0.05) is 75.9 Å². The second kappa shape index (κ2) is 28.3. The molecule has 0 unspecified atom stereocenters. The fourth-order valence-corrected chi connectivity index (χ4v) is 4.82. The summed E-state index contributed by atoms with van der Waals surface area (Å²) in [6.45, 7) is 5.74. The first kappa shape index (κ1) is 54.2. The van der Waals surface area contributed by atoms with Crippen LogP contribution < -0.4 is 37.3 Å². The topological polar surface area (TPSA) is 283 Å². The third-order valence-electron chi connectivity index (χ3n) is 6.74. The van der Waals surface area contributed by atoms with Crippen molar-refractivity contribution >= 4 is 0 Å². The largest absolute Gasteiger partial charge is 1.00 e. The van der Waals surface area contributed by atoms with Gasteiger partial charge in [0.25, 0.3) is 0 Å². The third kappa shape index (κ3) is 29.3. The zero-order chi connectivity index (χ0) is 35.6. The predicted octanol–water partition coefficient (Wildman–Crippen LogP) is -5.71. The number of pyridine rings is 2. The molecule has 0 aliphatic heterocycles. The molecule has 0 aliphatic rings. The number of halogens is 2. The van der Waals surface area contributed by atoms with E-state index in [1.165, 1.54) is 22.3 Å². The second-order valence-electron chi connectivity index (χ2n) is 11.2. The summed E-state index contributed by atoms with van der Waals surface area (Å²) in [5.74, 6) is 0. The summed E-state index contributed by atoms with van der Waals surface area (Å²) in [5.41, 5.74) is 7.72. The molecule has 0 fully saturated rings. The van der Waals surface area contributed by atoms with Crippen molar-refractivity contribution in [1.82, 2.24) is 24.7 Å². The van der Waals surface area contributed by atoms with Crippen LogP contribution in [0.2, 0.25) is 0 Å². The van der Waals surface area contributed by atoms with Gasteiger partial charge in [-0.15, -0.1) is 20.5 Å². The van der Waals surface area contributed by atoms with Crippen LogP contribution in [0.1, 0.15) is 33.6 Å². The van der Waals surface area contributed by atoms with E-state index in [-0.39, 0.29) is 45.1 Å². The number of rotatable bonds is 14. The fourth-order valence-electron chi connectivity index (χ4n) is 4.82. The summed E-state index contributed by atoms with van der Waals surface area (Å²) < 4.78 is 67.9. The molecule has 0 spiro atoms. The van der Waals surface area contributed by atoms with Gasteiger partial charge in [-0.25, -0.2) is 37.3 Å². The normalized spacial score (nSPS) is 10.7. The standard InChI is InChI=1S/C33H41N5.2ClHO4.2Cu.2H2O/c1-36(20-16-32-14-4-6-18-34-32)24-28-10-8-12-30(22-28)26-38(3)27-31-13-9-11-29(23-31)25-37(2)21-17-33-15-5-7-19-35-33;2*2-1(3,4)5;;;;/h4-15,18-19,22-23H,16-17,20-21,24-27H2,1-3H3;2*(H,2,3,4,5);;;2*1H2/q;;;2*+1;;/p-2. The fraction of sp³-hybridized carbons (Fsp3) is 0.333. The number of nitrogens with zero attached hydrogens (tertiary/aromatic N) is 5. The molecule has 0 amide bonds. The molecule has 0 saturated carbocycles. The summed E-state index contributed by atoms with van der Waals surface area (Å²) in [5, 5.41) is 0. The monoisotopic (exact) mass is 867 g/mol. The minimum absolute atomic E-state index is 0. The SMILES string of the molecule is CN(CCc1ccccn1)Cc1cccc(CN(C)Cc2cccc(CN(C)CCc3ccccn3)c2)c1.O.O.[Cu+].[Cu+].[O-][Cl+3]([O-])([O-])[O-].[O-][Cl+3]([O-])([O-])[O-]. The van der Waals surface area contributed by atoms with Crippen molar-refractivity contribution in [3.8, 4) is 0 Å². The summed E-state index contributed by atoms with van der Waals surface area (Å²) in [6, 6.07) is 30.3. The number of hydrogen-bond acceptors (Lipinski definition) is 13. The Morgan fingerprint density at radius 2 is 0.750 bits per heavy atom. The van der Waals surface area contributed by atoms with Crippen molar-refractivity contribution in [3.63, 3.8) is 0 Å². The van der Waals surface area contributed by atoms with E-state index in [2.05, 4.69) is 119 Å². The van der Waals surface area contributed by atoms with E-state index < -0.39 is 20.5 Å². The smallest absolute Gasteiger partial charge is 0.412 e. The predicted molar refractivity (Wildman–Crippen MR) is 164 cm³/mol. The van der Waals surface area contributed by atoms with Gasteiger partial charge in [0.15, 0.2) is 0 Å². The maximum Gasteiger partial charge on any atom is 1.00 e. The Morgan fingerprint density at radius 1 is 0.462 bits per heavy atom. The molecule has 0 aliphatic carbocycles. The van der Waals surface area contributed by atoms with Crippen molar-refractivity contribution < 1.29 is 103 Å². The number of likely N-dealkylation sites (N-methyl/N-ethyl adjacent to an activating group) is 2. The number of benzene rings is 2. The molecule has 52 heavy (non-hydrogen) atoms. The van der Waals surface area contributed by atoms with Crippen LogP contribution >= 0.6 is 0 Å². The Hall–Kier alpha value is -2.16. The Kier molecular flexibility index (Phi) is 29.5. The van der Waals surface area contributed by atoms with E-state index >= 15 is 0 Å².